The number of anilines is 1. The van der Waals surface area contributed by atoms with Gasteiger partial charge in [-0.2, -0.15) is 0 Å². The summed E-state index contributed by atoms with van der Waals surface area (Å²) in [6, 6.07) is 6.02. The second kappa shape index (κ2) is 7.94. The molecule has 27 heavy (non-hydrogen) atoms. The smallest absolute Gasteiger partial charge is 0.291 e. The Hall–Kier alpha value is -2.63. The van der Waals surface area contributed by atoms with Crippen molar-refractivity contribution in [3.63, 3.8) is 0 Å². The van der Waals surface area contributed by atoms with Crippen LogP contribution in [0.15, 0.2) is 18.2 Å². The first-order chi connectivity index (χ1) is 12.9. The van der Waals surface area contributed by atoms with Crippen molar-refractivity contribution in [1.82, 2.24) is 14.9 Å². The van der Waals surface area contributed by atoms with Crippen molar-refractivity contribution < 1.29 is 9.59 Å². The van der Waals surface area contributed by atoms with Crippen molar-refractivity contribution in [2.75, 3.05) is 5.32 Å². The fourth-order valence-electron chi connectivity index (χ4n) is 3.60. The highest BCUT2D eigenvalue weighted by Gasteiger charge is 2.28. The van der Waals surface area contributed by atoms with Crippen molar-refractivity contribution >= 4 is 17.5 Å². The largest absolute Gasteiger partial charge is 0.348 e. The molecule has 1 aromatic carbocycles. The Morgan fingerprint density at radius 1 is 1.22 bits per heavy atom. The second-order valence-corrected chi connectivity index (χ2v) is 7.38. The minimum absolute atomic E-state index is 0.0230. The van der Waals surface area contributed by atoms with Crippen molar-refractivity contribution in [2.24, 2.45) is 0 Å². The molecule has 0 atom stereocenters. The van der Waals surface area contributed by atoms with Gasteiger partial charge in [0.2, 0.25) is 0 Å². The van der Waals surface area contributed by atoms with Crippen LogP contribution in [0.3, 0.4) is 0 Å². The Morgan fingerprint density at radius 2 is 2.00 bits per heavy atom. The maximum absolute atomic E-state index is 13.0. The molecule has 3 rings (SSSR count). The third-order valence-electron chi connectivity index (χ3n) is 4.93. The maximum Gasteiger partial charge on any atom is 0.291 e. The number of fused-ring (bicyclic) bond motifs is 1. The van der Waals surface area contributed by atoms with Gasteiger partial charge in [-0.3, -0.25) is 9.59 Å². The molecule has 2 aromatic rings. The monoisotopic (exact) mass is 368 g/mol. The average Bonchev–Trinajstić information content (AvgIpc) is 3.02. The van der Waals surface area contributed by atoms with Crippen LogP contribution in [0.1, 0.15) is 71.5 Å². The lowest BCUT2D eigenvalue weighted by Gasteiger charge is -2.18. The molecular weight excluding hydrogens is 340 g/mol. The molecule has 0 aliphatic carbocycles. The summed E-state index contributed by atoms with van der Waals surface area (Å²) in [7, 11) is 0. The van der Waals surface area contributed by atoms with Gasteiger partial charge in [0, 0.05) is 18.3 Å². The van der Waals surface area contributed by atoms with Gasteiger partial charge in [-0.05, 0) is 57.6 Å². The highest BCUT2D eigenvalue weighted by atomic mass is 16.2. The maximum atomic E-state index is 13.0. The van der Waals surface area contributed by atoms with Gasteiger partial charge < -0.3 is 15.2 Å². The number of aromatic nitrogens is 2. The molecule has 1 aliphatic rings. The van der Waals surface area contributed by atoms with E-state index in [1.807, 2.05) is 43.5 Å². The van der Waals surface area contributed by atoms with Gasteiger partial charge in [0.15, 0.2) is 5.82 Å². The number of carbonyl (C=O) groups is 2. The molecule has 0 spiro atoms. The third kappa shape index (κ3) is 3.89. The lowest BCUT2D eigenvalue weighted by molar-refractivity contribution is 0.0937. The van der Waals surface area contributed by atoms with E-state index in [-0.39, 0.29) is 17.9 Å². The van der Waals surface area contributed by atoms with Gasteiger partial charge in [0.1, 0.15) is 5.69 Å². The van der Waals surface area contributed by atoms with Crippen molar-refractivity contribution in [3.8, 4) is 0 Å². The molecule has 0 radical (unpaired) electrons. The van der Waals surface area contributed by atoms with Crippen molar-refractivity contribution in [1.29, 1.82) is 0 Å². The zero-order valence-corrected chi connectivity index (χ0v) is 16.6. The standard InChI is InChI=1S/C21H28N4O2/c1-5-15-10-8-9-14(4)17(15)24-21(27)19-23-18(20(26)22-13(2)3)16-11-6-7-12-25(16)19/h8-10,13H,5-7,11-12H2,1-4H3,(H,22,26)(H,24,27). The summed E-state index contributed by atoms with van der Waals surface area (Å²) in [5.41, 5.74) is 4.20. The predicted molar refractivity (Wildman–Crippen MR) is 106 cm³/mol. The lowest BCUT2D eigenvalue weighted by Crippen LogP contribution is -2.31. The Bertz CT molecular complexity index is 867. The number of nitrogens with one attached hydrogen (secondary N) is 2. The Balaban J connectivity index is 1.96. The number of carbonyl (C=O) groups excluding carboxylic acids is 2. The van der Waals surface area contributed by atoms with Gasteiger partial charge >= 0.3 is 0 Å². The van der Waals surface area contributed by atoms with Crippen molar-refractivity contribution in [3.05, 3.63) is 46.5 Å². The van der Waals surface area contributed by atoms with E-state index in [0.717, 1.165) is 48.2 Å². The van der Waals surface area contributed by atoms with Crippen LogP contribution in [0.5, 0.6) is 0 Å². The van der Waals surface area contributed by atoms with Crippen molar-refractivity contribution in [2.45, 2.75) is 66.0 Å². The lowest BCUT2D eigenvalue weighted by atomic mass is 10.1. The van der Waals surface area contributed by atoms with Crippen LogP contribution in [0.25, 0.3) is 0 Å². The molecule has 2 amide bonds. The van der Waals surface area contributed by atoms with Gasteiger partial charge in [0.25, 0.3) is 11.8 Å². The van der Waals surface area contributed by atoms with Crippen LogP contribution in [0, 0.1) is 6.92 Å². The minimum atomic E-state index is -0.259. The molecule has 0 saturated heterocycles. The molecule has 0 fully saturated rings. The second-order valence-electron chi connectivity index (χ2n) is 7.38. The number of hydrogen-bond acceptors (Lipinski definition) is 3. The summed E-state index contributed by atoms with van der Waals surface area (Å²) in [5, 5.41) is 5.93. The predicted octanol–water partition coefficient (Wildman–Crippen LogP) is 3.48. The van der Waals surface area contributed by atoms with E-state index in [4.69, 9.17) is 0 Å². The van der Waals surface area contributed by atoms with E-state index in [1.54, 1.807) is 0 Å². The molecule has 6 heteroatoms. The highest BCUT2D eigenvalue weighted by molar-refractivity contribution is 6.04. The van der Waals surface area contributed by atoms with Gasteiger partial charge in [0.05, 0.1) is 5.69 Å². The Labute approximate surface area is 160 Å². The zero-order valence-electron chi connectivity index (χ0n) is 16.6. The molecule has 2 N–H and O–H groups in total. The molecule has 1 aromatic heterocycles. The van der Waals surface area contributed by atoms with Gasteiger partial charge in [-0.1, -0.05) is 25.1 Å². The normalized spacial score (nSPS) is 13.4. The Kier molecular flexibility index (Phi) is 5.63. The first-order valence-electron chi connectivity index (χ1n) is 9.72. The molecule has 0 unspecified atom stereocenters. The first-order valence-corrected chi connectivity index (χ1v) is 9.72. The zero-order chi connectivity index (χ0) is 19.6. The molecule has 0 bridgehead atoms. The number of aryl methyl sites for hydroxylation is 2. The molecule has 6 nitrogen and oxygen atoms in total. The summed E-state index contributed by atoms with van der Waals surface area (Å²) in [6.07, 6.45) is 3.59. The number of imidazole rings is 1. The van der Waals surface area contributed by atoms with E-state index >= 15 is 0 Å². The number of hydrogen-bond donors (Lipinski definition) is 2. The van der Waals surface area contributed by atoms with E-state index in [1.165, 1.54) is 0 Å². The molecule has 2 heterocycles. The quantitative estimate of drug-likeness (QED) is 0.848. The summed E-state index contributed by atoms with van der Waals surface area (Å²) in [6.45, 7) is 8.60. The minimum Gasteiger partial charge on any atom is -0.348 e. The van der Waals surface area contributed by atoms with E-state index < -0.39 is 0 Å². The number of nitrogens with zero attached hydrogens (tertiary/aromatic N) is 2. The summed E-state index contributed by atoms with van der Waals surface area (Å²) in [5.74, 6) is -0.144. The van der Waals surface area contributed by atoms with Crippen LogP contribution < -0.4 is 10.6 Å². The number of benzene rings is 1. The topological polar surface area (TPSA) is 76.0 Å². The fourth-order valence-corrected chi connectivity index (χ4v) is 3.60. The van der Waals surface area contributed by atoms with Crippen LogP contribution in [0.2, 0.25) is 0 Å². The Morgan fingerprint density at radius 3 is 2.70 bits per heavy atom. The van der Waals surface area contributed by atoms with Gasteiger partial charge in [-0.25, -0.2) is 4.98 Å². The van der Waals surface area contributed by atoms with Crippen LogP contribution in [-0.2, 0) is 19.4 Å². The summed E-state index contributed by atoms with van der Waals surface area (Å²) < 4.78 is 1.91. The van der Waals surface area contributed by atoms with Crippen LogP contribution in [-0.4, -0.2) is 27.4 Å². The molecular formula is C21H28N4O2. The molecule has 144 valence electrons. The molecule has 0 saturated carbocycles. The number of amides is 2. The van der Waals surface area contributed by atoms with E-state index in [0.29, 0.717) is 18.1 Å². The number of para-hydroxylation sites is 1. The van der Waals surface area contributed by atoms with E-state index in [2.05, 4.69) is 22.5 Å². The molecule has 1 aliphatic heterocycles. The van der Waals surface area contributed by atoms with E-state index in [9.17, 15) is 9.59 Å². The fraction of sp³-hybridized carbons (Fsp3) is 0.476. The summed E-state index contributed by atoms with van der Waals surface area (Å²) >= 11 is 0. The van der Waals surface area contributed by atoms with Gasteiger partial charge in [-0.15, -0.1) is 0 Å². The van der Waals surface area contributed by atoms with Crippen LogP contribution >= 0.6 is 0 Å². The van der Waals surface area contributed by atoms with Crippen LogP contribution in [0.4, 0.5) is 5.69 Å². The third-order valence-corrected chi connectivity index (χ3v) is 4.93. The SMILES string of the molecule is CCc1cccc(C)c1NC(=O)c1nc(C(=O)NC(C)C)c2n1CCCC2. The first kappa shape index (κ1) is 19.1. The number of rotatable bonds is 5. The summed E-state index contributed by atoms with van der Waals surface area (Å²) in [4.78, 5) is 30.1. The average molecular weight is 368 g/mol. The highest BCUT2D eigenvalue weighted by Crippen LogP contribution is 2.25.